The number of hydrogen-bond donors (Lipinski definition) is 2. The Bertz CT molecular complexity index is 460. The van der Waals surface area contributed by atoms with Crippen molar-refractivity contribution in [2.45, 2.75) is 33.7 Å². The molecular weight excluding hydrogens is 278 g/mol. The first kappa shape index (κ1) is 16.8. The highest BCUT2D eigenvalue weighted by Crippen LogP contribution is 2.28. The van der Waals surface area contributed by atoms with Crippen LogP contribution in [0, 0.1) is 5.41 Å². The van der Waals surface area contributed by atoms with E-state index in [1.807, 2.05) is 6.07 Å². The van der Waals surface area contributed by atoms with Gasteiger partial charge in [0, 0.05) is 17.1 Å². The number of rotatable bonds is 8. The van der Waals surface area contributed by atoms with Gasteiger partial charge in [0.2, 0.25) is 0 Å². The zero-order chi connectivity index (χ0) is 15.2. The molecule has 0 aliphatic rings. The van der Waals surface area contributed by atoms with Gasteiger partial charge in [-0.3, -0.25) is 4.79 Å². The maximum Gasteiger partial charge on any atom is 0.312 e. The highest BCUT2D eigenvalue weighted by molar-refractivity contribution is 6.31. The molecule has 112 valence electrons. The van der Waals surface area contributed by atoms with E-state index in [-0.39, 0.29) is 6.61 Å². The Morgan fingerprint density at radius 2 is 2.15 bits per heavy atom. The standard InChI is InChI=1S/C15H22ClNO3/c1-4-8-17-9-11-12(16)6-5-7-13(11)20-10-15(2,3)14(18)19/h5-7,17H,4,8-10H2,1-3H3,(H,18,19). The van der Waals surface area contributed by atoms with Gasteiger partial charge in [-0.25, -0.2) is 0 Å². The van der Waals surface area contributed by atoms with E-state index >= 15 is 0 Å². The molecule has 0 amide bonds. The lowest BCUT2D eigenvalue weighted by atomic mass is 9.95. The fourth-order valence-corrected chi connectivity index (χ4v) is 1.79. The van der Waals surface area contributed by atoms with Crippen LogP contribution >= 0.6 is 11.6 Å². The summed E-state index contributed by atoms with van der Waals surface area (Å²) in [6, 6.07) is 5.42. The van der Waals surface area contributed by atoms with Crippen LogP contribution in [0.1, 0.15) is 32.8 Å². The monoisotopic (exact) mass is 299 g/mol. The quantitative estimate of drug-likeness (QED) is 0.723. The van der Waals surface area contributed by atoms with Gasteiger partial charge in [-0.15, -0.1) is 0 Å². The number of ether oxygens (including phenoxy) is 1. The van der Waals surface area contributed by atoms with Gasteiger partial charge in [0.05, 0.1) is 5.41 Å². The average molecular weight is 300 g/mol. The van der Waals surface area contributed by atoms with E-state index in [0.29, 0.717) is 17.3 Å². The molecule has 0 atom stereocenters. The maximum atomic E-state index is 11.1. The lowest BCUT2D eigenvalue weighted by Gasteiger charge is -2.21. The molecule has 0 aliphatic heterocycles. The summed E-state index contributed by atoms with van der Waals surface area (Å²) in [5.74, 6) is -0.249. The SMILES string of the molecule is CCCNCc1c(Cl)cccc1OCC(C)(C)C(=O)O. The van der Waals surface area contributed by atoms with E-state index in [2.05, 4.69) is 12.2 Å². The van der Waals surface area contributed by atoms with Crippen molar-refractivity contribution in [1.29, 1.82) is 0 Å². The number of hydrogen-bond acceptors (Lipinski definition) is 3. The molecule has 0 saturated heterocycles. The largest absolute Gasteiger partial charge is 0.492 e. The normalized spacial score (nSPS) is 11.4. The molecule has 0 saturated carbocycles. The van der Waals surface area contributed by atoms with Crippen LogP contribution in [0.3, 0.4) is 0 Å². The zero-order valence-electron chi connectivity index (χ0n) is 12.2. The first-order chi connectivity index (χ1) is 9.38. The van der Waals surface area contributed by atoms with E-state index in [9.17, 15) is 4.79 Å². The Morgan fingerprint density at radius 3 is 2.75 bits per heavy atom. The molecule has 20 heavy (non-hydrogen) atoms. The molecule has 0 heterocycles. The third-order valence-corrected chi connectivity index (χ3v) is 3.33. The summed E-state index contributed by atoms with van der Waals surface area (Å²) in [6.45, 7) is 6.96. The van der Waals surface area contributed by atoms with Gasteiger partial charge in [0.25, 0.3) is 0 Å². The van der Waals surface area contributed by atoms with E-state index in [4.69, 9.17) is 21.4 Å². The molecule has 1 aromatic carbocycles. The van der Waals surface area contributed by atoms with Crippen LogP contribution in [0.5, 0.6) is 5.75 Å². The number of aliphatic carboxylic acids is 1. The van der Waals surface area contributed by atoms with Crippen molar-refractivity contribution in [3.8, 4) is 5.75 Å². The van der Waals surface area contributed by atoms with Crippen molar-refractivity contribution in [3.05, 3.63) is 28.8 Å². The molecule has 5 heteroatoms. The van der Waals surface area contributed by atoms with Crippen LogP contribution < -0.4 is 10.1 Å². The Kier molecular flexibility index (Phi) is 6.30. The van der Waals surface area contributed by atoms with Gasteiger partial charge in [-0.2, -0.15) is 0 Å². The first-order valence-electron chi connectivity index (χ1n) is 6.72. The van der Waals surface area contributed by atoms with E-state index in [0.717, 1.165) is 18.5 Å². The highest BCUT2D eigenvalue weighted by Gasteiger charge is 2.28. The summed E-state index contributed by atoms with van der Waals surface area (Å²) in [4.78, 5) is 11.1. The second-order valence-corrected chi connectivity index (χ2v) is 5.78. The van der Waals surface area contributed by atoms with Crippen LogP contribution in [0.15, 0.2) is 18.2 Å². The van der Waals surface area contributed by atoms with Crippen LogP contribution in [-0.4, -0.2) is 24.2 Å². The molecule has 0 aliphatic carbocycles. The lowest BCUT2D eigenvalue weighted by molar-refractivity contribution is -0.148. The van der Waals surface area contributed by atoms with E-state index in [1.165, 1.54) is 0 Å². The second kappa shape index (κ2) is 7.50. The summed E-state index contributed by atoms with van der Waals surface area (Å²) < 4.78 is 5.67. The number of carboxylic acids is 1. The van der Waals surface area contributed by atoms with Crippen molar-refractivity contribution in [1.82, 2.24) is 5.32 Å². The Hall–Kier alpha value is -1.26. The van der Waals surface area contributed by atoms with Gasteiger partial charge >= 0.3 is 5.97 Å². The van der Waals surface area contributed by atoms with Crippen LogP contribution in [0.2, 0.25) is 5.02 Å². The van der Waals surface area contributed by atoms with Gasteiger partial charge in [-0.05, 0) is 38.9 Å². The summed E-state index contributed by atoms with van der Waals surface area (Å²) >= 11 is 6.18. The molecular formula is C15H22ClNO3. The minimum absolute atomic E-state index is 0.101. The number of benzene rings is 1. The highest BCUT2D eigenvalue weighted by atomic mass is 35.5. The topological polar surface area (TPSA) is 58.6 Å². The minimum atomic E-state index is -0.934. The Morgan fingerprint density at radius 1 is 1.45 bits per heavy atom. The van der Waals surface area contributed by atoms with Crippen molar-refractivity contribution < 1.29 is 14.6 Å². The van der Waals surface area contributed by atoms with Crippen LogP contribution in [-0.2, 0) is 11.3 Å². The van der Waals surface area contributed by atoms with Crippen molar-refractivity contribution in [3.63, 3.8) is 0 Å². The third kappa shape index (κ3) is 4.69. The average Bonchev–Trinajstić information content (AvgIpc) is 2.39. The van der Waals surface area contributed by atoms with E-state index < -0.39 is 11.4 Å². The molecule has 0 spiro atoms. The Labute approximate surface area is 125 Å². The molecule has 4 nitrogen and oxygen atoms in total. The van der Waals surface area contributed by atoms with Crippen LogP contribution in [0.25, 0.3) is 0 Å². The molecule has 2 N–H and O–H groups in total. The van der Waals surface area contributed by atoms with Gasteiger partial charge < -0.3 is 15.2 Å². The molecule has 0 fully saturated rings. The van der Waals surface area contributed by atoms with Crippen molar-refractivity contribution in [2.75, 3.05) is 13.2 Å². The predicted octanol–water partition coefficient (Wildman–Crippen LogP) is 3.33. The van der Waals surface area contributed by atoms with Gasteiger partial charge in [0.15, 0.2) is 0 Å². The van der Waals surface area contributed by atoms with Gasteiger partial charge in [0.1, 0.15) is 12.4 Å². The third-order valence-electron chi connectivity index (χ3n) is 2.97. The molecule has 0 radical (unpaired) electrons. The lowest BCUT2D eigenvalue weighted by Crippen LogP contribution is -2.31. The fourth-order valence-electron chi connectivity index (χ4n) is 1.56. The molecule has 0 bridgehead atoms. The van der Waals surface area contributed by atoms with Crippen molar-refractivity contribution >= 4 is 17.6 Å². The fraction of sp³-hybridized carbons (Fsp3) is 0.533. The number of carbonyl (C=O) groups is 1. The van der Waals surface area contributed by atoms with Crippen molar-refractivity contribution in [2.24, 2.45) is 5.41 Å². The summed E-state index contributed by atoms with van der Waals surface area (Å²) in [6.07, 6.45) is 1.03. The number of carboxylic acid groups (broad SMARTS) is 1. The first-order valence-corrected chi connectivity index (χ1v) is 7.10. The molecule has 1 aromatic rings. The summed E-state index contributed by atoms with van der Waals surface area (Å²) in [5, 5.41) is 13.0. The summed E-state index contributed by atoms with van der Waals surface area (Å²) in [7, 11) is 0. The molecule has 0 aromatic heterocycles. The summed E-state index contributed by atoms with van der Waals surface area (Å²) in [5.41, 5.74) is -0.0695. The minimum Gasteiger partial charge on any atom is -0.492 e. The number of halogens is 1. The van der Waals surface area contributed by atoms with E-state index in [1.54, 1.807) is 26.0 Å². The second-order valence-electron chi connectivity index (χ2n) is 5.37. The smallest absolute Gasteiger partial charge is 0.312 e. The van der Waals surface area contributed by atoms with Crippen LogP contribution in [0.4, 0.5) is 0 Å². The van der Waals surface area contributed by atoms with Gasteiger partial charge in [-0.1, -0.05) is 24.6 Å². The maximum absolute atomic E-state index is 11.1. The zero-order valence-corrected chi connectivity index (χ0v) is 13.0. The Balaban J connectivity index is 2.79. The number of nitrogens with one attached hydrogen (secondary N) is 1. The predicted molar refractivity (Wildman–Crippen MR) is 80.4 cm³/mol. The molecule has 1 rings (SSSR count). The molecule has 0 unspecified atom stereocenters.